The molecule has 1 fully saturated rings. The van der Waals surface area contributed by atoms with E-state index in [1.54, 1.807) is 49.4 Å². The summed E-state index contributed by atoms with van der Waals surface area (Å²) in [4.78, 5) is 30.6. The number of hydrogen-bond acceptors (Lipinski definition) is 4. The largest absolute Gasteiger partial charge is 0.324 e. The van der Waals surface area contributed by atoms with Gasteiger partial charge in [-0.25, -0.2) is 18.4 Å². The Labute approximate surface area is 204 Å². The number of hydrogen-bond donors (Lipinski definition) is 1. The monoisotopic (exact) mass is 494 g/mol. The van der Waals surface area contributed by atoms with Gasteiger partial charge in [0.05, 0.1) is 16.8 Å². The van der Waals surface area contributed by atoms with Crippen LogP contribution in [0.25, 0.3) is 11.0 Å². The number of halogens is 3. The van der Waals surface area contributed by atoms with Crippen molar-refractivity contribution in [3.8, 4) is 0 Å². The van der Waals surface area contributed by atoms with Gasteiger partial charge in [-0.05, 0) is 44.0 Å². The molecule has 4 aromatic rings. The van der Waals surface area contributed by atoms with Gasteiger partial charge in [-0.2, -0.15) is 5.10 Å². The number of aromatic nitrogens is 3. The fraction of sp³-hybridized carbons (Fsp3) is 0.231. The predicted octanol–water partition coefficient (Wildman–Crippen LogP) is 6.08. The maximum Gasteiger partial charge on any atom is 0.264 e. The molecule has 0 saturated heterocycles. The van der Waals surface area contributed by atoms with E-state index in [0.29, 0.717) is 27.7 Å². The summed E-state index contributed by atoms with van der Waals surface area (Å²) in [6.45, 7) is 1.37. The number of fused-ring (bicyclic) bond motifs is 1. The molecule has 0 radical (unpaired) electrons. The van der Waals surface area contributed by atoms with Crippen molar-refractivity contribution < 1.29 is 18.4 Å². The van der Waals surface area contributed by atoms with E-state index in [-0.39, 0.29) is 40.4 Å². The van der Waals surface area contributed by atoms with Crippen molar-refractivity contribution >= 4 is 40.0 Å². The van der Waals surface area contributed by atoms with E-state index in [4.69, 9.17) is 11.6 Å². The molecule has 9 heteroatoms. The molecule has 178 valence electrons. The molecular formula is C26H21ClF2N4O2. The highest BCUT2D eigenvalue weighted by Crippen LogP contribution is 2.42. The van der Waals surface area contributed by atoms with Gasteiger partial charge in [0.25, 0.3) is 6.43 Å². The van der Waals surface area contributed by atoms with Crippen molar-refractivity contribution in [3.63, 3.8) is 0 Å². The Bertz CT molecular complexity index is 1450. The Hall–Kier alpha value is -3.65. The van der Waals surface area contributed by atoms with E-state index >= 15 is 0 Å². The minimum absolute atomic E-state index is 0.116. The van der Waals surface area contributed by atoms with Crippen LogP contribution in [0.4, 0.5) is 14.5 Å². The lowest BCUT2D eigenvalue weighted by Gasteiger charge is -2.12. The minimum atomic E-state index is -2.68. The Morgan fingerprint density at radius 1 is 1.14 bits per heavy atom. The molecule has 0 bridgehead atoms. The first-order valence-corrected chi connectivity index (χ1v) is 11.5. The van der Waals surface area contributed by atoms with Crippen LogP contribution in [-0.2, 0) is 11.3 Å². The van der Waals surface area contributed by atoms with Crippen LogP contribution >= 0.6 is 11.6 Å². The number of nitrogens with zero attached hydrogens (tertiary/aromatic N) is 3. The maximum atomic E-state index is 13.8. The third-order valence-electron chi connectivity index (χ3n) is 5.99. The second kappa shape index (κ2) is 9.19. The molecule has 1 amide bonds. The van der Waals surface area contributed by atoms with Crippen LogP contribution in [-0.4, -0.2) is 26.5 Å². The number of carbonyl (C=O) groups excluding carboxylic acids is 2. The average Bonchev–Trinajstić information content (AvgIpc) is 3.65. The lowest BCUT2D eigenvalue weighted by atomic mass is 10.0. The zero-order valence-corrected chi connectivity index (χ0v) is 19.5. The van der Waals surface area contributed by atoms with Crippen molar-refractivity contribution in [2.45, 2.75) is 38.7 Å². The fourth-order valence-corrected chi connectivity index (χ4v) is 4.33. The topological polar surface area (TPSA) is 76.9 Å². The van der Waals surface area contributed by atoms with Crippen molar-refractivity contribution in [2.75, 3.05) is 5.32 Å². The second-order valence-electron chi connectivity index (χ2n) is 8.59. The molecular weight excluding hydrogens is 474 g/mol. The summed E-state index contributed by atoms with van der Waals surface area (Å²) < 4.78 is 29.0. The number of carbonyl (C=O) groups is 2. The molecule has 0 unspecified atom stereocenters. The number of anilines is 1. The molecule has 35 heavy (non-hydrogen) atoms. The smallest absolute Gasteiger partial charge is 0.264 e. The highest BCUT2D eigenvalue weighted by atomic mass is 35.5. The minimum Gasteiger partial charge on any atom is -0.324 e. The van der Waals surface area contributed by atoms with Gasteiger partial charge in [0.1, 0.15) is 6.54 Å². The number of amides is 1. The zero-order valence-electron chi connectivity index (χ0n) is 18.8. The normalized spacial score (nSPS) is 13.4. The quantitative estimate of drug-likeness (QED) is 0.316. The van der Waals surface area contributed by atoms with Crippen molar-refractivity contribution in [1.82, 2.24) is 14.8 Å². The highest BCUT2D eigenvalue weighted by molar-refractivity contribution is 6.31. The number of rotatable bonds is 7. The van der Waals surface area contributed by atoms with Crippen LogP contribution in [0.1, 0.15) is 58.1 Å². The van der Waals surface area contributed by atoms with Gasteiger partial charge < -0.3 is 5.32 Å². The summed E-state index contributed by atoms with van der Waals surface area (Å²) in [7, 11) is 0. The van der Waals surface area contributed by atoms with E-state index < -0.39 is 12.3 Å². The van der Waals surface area contributed by atoms with Crippen LogP contribution in [0, 0.1) is 6.92 Å². The van der Waals surface area contributed by atoms with E-state index in [2.05, 4.69) is 15.4 Å². The highest BCUT2D eigenvalue weighted by Gasteiger charge is 2.29. The number of ketones is 1. The third kappa shape index (κ3) is 4.66. The standard InChI is InChI=1S/C26H21ClF2N4O2/c1-14-23-19(25(28)29)12-21(15-7-8-15)31-26(23)33(32-14)13-22(34)30-20-10-9-17(27)11-18(20)24(35)16-5-3-2-4-6-16/h2-6,9-12,15,25H,7-8,13H2,1H3,(H,30,34). The molecule has 1 aliphatic rings. The van der Waals surface area contributed by atoms with Crippen LogP contribution in [0.15, 0.2) is 54.6 Å². The fourth-order valence-electron chi connectivity index (χ4n) is 4.16. The van der Waals surface area contributed by atoms with Gasteiger partial charge in [-0.3, -0.25) is 9.59 Å². The summed E-state index contributed by atoms with van der Waals surface area (Å²) in [5.74, 6) is -0.604. The maximum absolute atomic E-state index is 13.8. The number of alkyl halides is 2. The van der Waals surface area contributed by atoms with E-state index in [1.165, 1.54) is 16.8 Å². The Morgan fingerprint density at radius 3 is 2.57 bits per heavy atom. The van der Waals surface area contributed by atoms with E-state index in [9.17, 15) is 18.4 Å². The molecule has 1 saturated carbocycles. The second-order valence-corrected chi connectivity index (χ2v) is 9.02. The number of benzene rings is 2. The molecule has 0 spiro atoms. The van der Waals surface area contributed by atoms with E-state index in [1.807, 2.05) is 0 Å². The molecule has 2 aromatic heterocycles. The van der Waals surface area contributed by atoms with Crippen LogP contribution in [0.3, 0.4) is 0 Å². The van der Waals surface area contributed by atoms with Gasteiger partial charge in [-0.1, -0.05) is 41.9 Å². The predicted molar refractivity (Wildman–Crippen MR) is 129 cm³/mol. The molecule has 1 N–H and O–H groups in total. The molecule has 1 aliphatic carbocycles. The van der Waals surface area contributed by atoms with Gasteiger partial charge in [0, 0.05) is 33.3 Å². The first-order chi connectivity index (χ1) is 16.8. The van der Waals surface area contributed by atoms with E-state index in [0.717, 1.165) is 12.8 Å². The lowest BCUT2D eigenvalue weighted by Crippen LogP contribution is -2.21. The Morgan fingerprint density at radius 2 is 1.89 bits per heavy atom. The number of nitrogens with one attached hydrogen (secondary N) is 1. The molecule has 2 heterocycles. The van der Waals surface area contributed by atoms with Gasteiger partial charge in [0.2, 0.25) is 5.91 Å². The SMILES string of the molecule is Cc1nn(CC(=O)Nc2ccc(Cl)cc2C(=O)c2ccccc2)c2nc(C3CC3)cc(C(F)F)c12. The number of aryl methyl sites for hydroxylation is 1. The molecule has 0 atom stereocenters. The van der Waals surface area contributed by atoms with Crippen molar-refractivity contribution in [3.05, 3.63) is 87.7 Å². The summed E-state index contributed by atoms with van der Waals surface area (Å²) in [5.41, 5.74) is 2.11. The third-order valence-corrected chi connectivity index (χ3v) is 6.22. The lowest BCUT2D eigenvalue weighted by molar-refractivity contribution is -0.116. The Balaban J connectivity index is 1.46. The molecule has 2 aromatic carbocycles. The number of pyridine rings is 1. The zero-order chi connectivity index (χ0) is 24.7. The summed E-state index contributed by atoms with van der Waals surface area (Å²) in [6, 6.07) is 14.7. The first-order valence-electron chi connectivity index (χ1n) is 11.2. The van der Waals surface area contributed by atoms with Gasteiger partial charge in [0.15, 0.2) is 11.4 Å². The van der Waals surface area contributed by atoms with Crippen LogP contribution in [0.2, 0.25) is 5.02 Å². The first kappa shape index (κ1) is 23.1. The van der Waals surface area contributed by atoms with Crippen LogP contribution in [0.5, 0.6) is 0 Å². The van der Waals surface area contributed by atoms with Crippen LogP contribution < -0.4 is 5.32 Å². The molecule has 0 aliphatic heterocycles. The average molecular weight is 495 g/mol. The van der Waals surface area contributed by atoms with Gasteiger partial charge >= 0.3 is 0 Å². The molecule has 6 nitrogen and oxygen atoms in total. The van der Waals surface area contributed by atoms with Crippen molar-refractivity contribution in [1.29, 1.82) is 0 Å². The molecule has 5 rings (SSSR count). The van der Waals surface area contributed by atoms with Gasteiger partial charge in [-0.15, -0.1) is 0 Å². The summed E-state index contributed by atoms with van der Waals surface area (Å²) in [5, 5.41) is 7.69. The Kier molecular flexibility index (Phi) is 6.06. The summed E-state index contributed by atoms with van der Waals surface area (Å²) >= 11 is 6.12. The summed E-state index contributed by atoms with van der Waals surface area (Å²) in [6.07, 6.45) is -0.864. The van der Waals surface area contributed by atoms with Crippen molar-refractivity contribution in [2.24, 2.45) is 0 Å².